The highest BCUT2D eigenvalue weighted by Gasteiger charge is 2.25. The van der Waals surface area contributed by atoms with Crippen LogP contribution in [0.3, 0.4) is 0 Å². The molecule has 4 aromatic rings. The van der Waals surface area contributed by atoms with E-state index in [2.05, 4.69) is 15.3 Å². The number of para-hydroxylation sites is 1. The monoisotopic (exact) mass is 446 g/mol. The Labute approximate surface area is 191 Å². The summed E-state index contributed by atoms with van der Waals surface area (Å²) in [4.78, 5) is 18.9. The van der Waals surface area contributed by atoms with Gasteiger partial charge in [0.25, 0.3) is 0 Å². The second-order valence-electron chi connectivity index (χ2n) is 7.80. The van der Waals surface area contributed by atoms with Crippen LogP contribution in [0.2, 0.25) is 0 Å². The highest BCUT2D eigenvalue weighted by Crippen LogP contribution is 2.38. The molecule has 1 aliphatic carbocycles. The lowest BCUT2D eigenvalue weighted by molar-refractivity contribution is 0.327. The number of rotatable bonds is 9. The highest BCUT2D eigenvalue weighted by molar-refractivity contribution is 5.80. The van der Waals surface area contributed by atoms with E-state index in [9.17, 15) is 0 Å². The first kappa shape index (κ1) is 21.0. The summed E-state index contributed by atoms with van der Waals surface area (Å²) < 4.78 is 18.9. The number of ether oxygens (including phenoxy) is 3. The number of pyridine rings is 1. The fourth-order valence-electron chi connectivity index (χ4n) is 3.71. The zero-order chi connectivity index (χ0) is 22.8. The van der Waals surface area contributed by atoms with Crippen molar-refractivity contribution >= 4 is 17.1 Å². The first-order valence-electron chi connectivity index (χ1n) is 11.0. The Kier molecular flexibility index (Phi) is 5.68. The van der Waals surface area contributed by atoms with Crippen LogP contribution in [0.15, 0.2) is 42.6 Å². The smallest absolute Gasteiger partial charge is 0.213 e. The molecule has 0 bridgehead atoms. The van der Waals surface area contributed by atoms with Crippen molar-refractivity contribution in [3.63, 3.8) is 0 Å². The molecule has 9 nitrogen and oxygen atoms in total. The van der Waals surface area contributed by atoms with Crippen molar-refractivity contribution in [1.82, 2.24) is 24.5 Å². The fraction of sp³-hybridized carbons (Fsp3) is 0.333. The summed E-state index contributed by atoms with van der Waals surface area (Å²) >= 11 is 0. The van der Waals surface area contributed by atoms with Crippen molar-refractivity contribution in [1.29, 1.82) is 0 Å². The van der Waals surface area contributed by atoms with Crippen LogP contribution in [0.1, 0.15) is 19.8 Å². The minimum atomic E-state index is 0.499. The molecule has 0 saturated heterocycles. The molecule has 3 aromatic heterocycles. The van der Waals surface area contributed by atoms with E-state index in [0.717, 1.165) is 6.54 Å². The molecule has 0 amide bonds. The van der Waals surface area contributed by atoms with E-state index in [1.54, 1.807) is 20.4 Å². The number of imidazole rings is 1. The first-order valence-corrected chi connectivity index (χ1v) is 11.0. The van der Waals surface area contributed by atoms with Crippen LogP contribution in [0, 0.1) is 5.92 Å². The minimum absolute atomic E-state index is 0.499. The van der Waals surface area contributed by atoms with Gasteiger partial charge >= 0.3 is 0 Å². The van der Waals surface area contributed by atoms with Gasteiger partial charge in [-0.05, 0) is 43.9 Å². The van der Waals surface area contributed by atoms with E-state index < -0.39 is 0 Å². The van der Waals surface area contributed by atoms with Gasteiger partial charge < -0.3 is 19.5 Å². The third-order valence-corrected chi connectivity index (χ3v) is 5.51. The van der Waals surface area contributed by atoms with Gasteiger partial charge in [0.1, 0.15) is 28.7 Å². The zero-order valence-electron chi connectivity index (χ0n) is 18.9. The standard InChI is InChI=1S/C24H26N6O3/c1-4-33-20-10-5-7-16(27-20)23-29-22-24(28-19(14-26-22)25-13-15-11-12-15)30(23)21-17(31-2)8-6-9-18(21)32-3/h5-10,14-15H,4,11-13H2,1-3H3,(H,25,28). The van der Waals surface area contributed by atoms with Crippen molar-refractivity contribution in [3.05, 3.63) is 42.6 Å². The van der Waals surface area contributed by atoms with Crippen LogP contribution < -0.4 is 19.5 Å². The number of hydrogen-bond donors (Lipinski definition) is 1. The summed E-state index contributed by atoms with van der Waals surface area (Å²) in [6, 6.07) is 11.2. The van der Waals surface area contributed by atoms with Crippen LogP contribution in [0.25, 0.3) is 28.5 Å². The predicted octanol–water partition coefficient (Wildman–Crippen LogP) is 4.12. The molecule has 0 atom stereocenters. The summed E-state index contributed by atoms with van der Waals surface area (Å²) in [7, 11) is 3.25. The number of hydrogen-bond acceptors (Lipinski definition) is 8. The molecular weight excluding hydrogens is 420 g/mol. The summed E-state index contributed by atoms with van der Waals surface area (Å²) in [5, 5.41) is 3.40. The van der Waals surface area contributed by atoms with Gasteiger partial charge in [-0.3, -0.25) is 4.57 Å². The quantitative estimate of drug-likeness (QED) is 0.410. The molecule has 3 heterocycles. The maximum Gasteiger partial charge on any atom is 0.213 e. The van der Waals surface area contributed by atoms with E-state index in [0.29, 0.717) is 64.2 Å². The van der Waals surface area contributed by atoms with Crippen LogP contribution in [0.4, 0.5) is 5.82 Å². The van der Waals surface area contributed by atoms with Crippen LogP contribution in [-0.4, -0.2) is 51.9 Å². The topological polar surface area (TPSA) is 96.2 Å². The van der Waals surface area contributed by atoms with Gasteiger partial charge in [0.2, 0.25) is 5.88 Å². The van der Waals surface area contributed by atoms with Crippen molar-refractivity contribution in [2.45, 2.75) is 19.8 Å². The zero-order valence-corrected chi connectivity index (χ0v) is 18.9. The van der Waals surface area contributed by atoms with E-state index in [4.69, 9.17) is 24.2 Å². The maximum absolute atomic E-state index is 5.69. The summed E-state index contributed by atoms with van der Waals surface area (Å²) in [6.07, 6.45) is 4.23. The SMILES string of the molecule is CCOc1cccc(-c2nc3ncc(NCC4CC4)nc3n2-c2c(OC)cccc2OC)n1. The Morgan fingerprint density at radius 2 is 1.76 bits per heavy atom. The number of nitrogens with zero attached hydrogens (tertiary/aromatic N) is 5. The molecule has 5 rings (SSSR count). The van der Waals surface area contributed by atoms with Crippen molar-refractivity contribution in [2.24, 2.45) is 5.92 Å². The molecule has 0 spiro atoms. The average molecular weight is 447 g/mol. The summed E-state index contributed by atoms with van der Waals surface area (Å²) in [5.74, 6) is 3.74. The van der Waals surface area contributed by atoms with Gasteiger partial charge in [-0.15, -0.1) is 0 Å². The average Bonchev–Trinajstić information content (AvgIpc) is 3.61. The van der Waals surface area contributed by atoms with E-state index in [1.807, 2.05) is 47.9 Å². The van der Waals surface area contributed by atoms with Crippen LogP contribution >= 0.6 is 0 Å². The number of benzene rings is 1. The molecule has 9 heteroatoms. The molecule has 1 saturated carbocycles. The van der Waals surface area contributed by atoms with Gasteiger partial charge in [-0.2, -0.15) is 0 Å². The van der Waals surface area contributed by atoms with Crippen molar-refractivity contribution < 1.29 is 14.2 Å². The summed E-state index contributed by atoms with van der Waals surface area (Å²) in [6.45, 7) is 3.33. The Balaban J connectivity index is 1.74. The Hall–Kier alpha value is -3.88. The lowest BCUT2D eigenvalue weighted by Crippen LogP contribution is -2.08. The minimum Gasteiger partial charge on any atom is -0.494 e. The Bertz CT molecular complexity index is 1260. The van der Waals surface area contributed by atoms with Gasteiger partial charge in [0, 0.05) is 12.6 Å². The lowest BCUT2D eigenvalue weighted by atomic mass is 10.2. The van der Waals surface area contributed by atoms with E-state index in [-0.39, 0.29) is 0 Å². The largest absolute Gasteiger partial charge is 0.494 e. The lowest BCUT2D eigenvalue weighted by Gasteiger charge is -2.16. The van der Waals surface area contributed by atoms with E-state index >= 15 is 0 Å². The number of fused-ring (bicyclic) bond motifs is 1. The second kappa shape index (κ2) is 8.93. The number of nitrogens with one attached hydrogen (secondary N) is 1. The van der Waals surface area contributed by atoms with Gasteiger partial charge in [0.05, 0.1) is 27.0 Å². The van der Waals surface area contributed by atoms with Gasteiger partial charge in [-0.1, -0.05) is 12.1 Å². The molecular formula is C24H26N6O3. The number of anilines is 1. The second-order valence-corrected chi connectivity index (χ2v) is 7.80. The molecule has 1 aromatic carbocycles. The third kappa shape index (κ3) is 4.13. The maximum atomic E-state index is 5.69. The molecule has 0 unspecified atom stereocenters. The predicted molar refractivity (Wildman–Crippen MR) is 125 cm³/mol. The third-order valence-electron chi connectivity index (χ3n) is 5.51. The van der Waals surface area contributed by atoms with Gasteiger partial charge in [0.15, 0.2) is 17.1 Å². The normalized spacial score (nSPS) is 13.2. The molecule has 1 aliphatic rings. The van der Waals surface area contributed by atoms with E-state index in [1.165, 1.54) is 12.8 Å². The van der Waals surface area contributed by atoms with Crippen LogP contribution in [0.5, 0.6) is 17.4 Å². The number of aromatic nitrogens is 5. The Morgan fingerprint density at radius 1 is 1.00 bits per heavy atom. The van der Waals surface area contributed by atoms with Gasteiger partial charge in [-0.25, -0.2) is 19.9 Å². The van der Waals surface area contributed by atoms with Crippen molar-refractivity contribution in [3.8, 4) is 34.6 Å². The summed E-state index contributed by atoms with van der Waals surface area (Å²) in [5.41, 5.74) is 2.38. The molecule has 1 N–H and O–H groups in total. The molecule has 0 aliphatic heterocycles. The first-order chi connectivity index (χ1) is 16.2. The molecule has 170 valence electrons. The molecule has 33 heavy (non-hydrogen) atoms. The highest BCUT2D eigenvalue weighted by atomic mass is 16.5. The van der Waals surface area contributed by atoms with Crippen LogP contribution in [-0.2, 0) is 0 Å². The fourth-order valence-corrected chi connectivity index (χ4v) is 3.71. The molecule has 1 fully saturated rings. The van der Waals surface area contributed by atoms with Crippen molar-refractivity contribution in [2.75, 3.05) is 32.7 Å². The number of methoxy groups -OCH3 is 2. The Morgan fingerprint density at radius 3 is 2.45 bits per heavy atom. The molecule has 0 radical (unpaired) electrons.